The van der Waals surface area contributed by atoms with Gasteiger partial charge in [0.25, 0.3) is 0 Å². The Morgan fingerprint density at radius 1 is 1.23 bits per heavy atom. The van der Waals surface area contributed by atoms with E-state index in [0.29, 0.717) is 0 Å². The molecule has 0 aliphatic carbocycles. The SMILES string of the molecule is CCC(=NN(C)C)c1ccccc1. The Balaban J connectivity index is 2.91. The molecule has 0 bridgehead atoms. The second kappa shape index (κ2) is 4.65. The highest BCUT2D eigenvalue weighted by molar-refractivity contribution is 6.00. The van der Waals surface area contributed by atoms with Crippen LogP contribution in [0.2, 0.25) is 0 Å². The lowest BCUT2D eigenvalue weighted by Crippen LogP contribution is -2.09. The third-order valence-electron chi connectivity index (χ3n) is 1.76. The smallest absolute Gasteiger partial charge is 0.0674 e. The molecule has 13 heavy (non-hydrogen) atoms. The van der Waals surface area contributed by atoms with E-state index in [1.807, 2.05) is 37.3 Å². The van der Waals surface area contributed by atoms with Crippen LogP contribution in [0.25, 0.3) is 0 Å². The van der Waals surface area contributed by atoms with Crippen LogP contribution in [-0.4, -0.2) is 24.8 Å². The zero-order valence-electron chi connectivity index (χ0n) is 8.49. The van der Waals surface area contributed by atoms with Crippen molar-refractivity contribution in [3.63, 3.8) is 0 Å². The Kier molecular flexibility index (Phi) is 3.50. The minimum atomic E-state index is 0.961. The topological polar surface area (TPSA) is 15.6 Å². The quantitative estimate of drug-likeness (QED) is 0.510. The van der Waals surface area contributed by atoms with Gasteiger partial charge in [-0.2, -0.15) is 5.10 Å². The standard InChI is InChI=1S/C11H16N2/c1-4-11(12-13(2)3)10-8-6-5-7-9-10/h5-9H,4H2,1-3H3. The normalized spacial score (nSPS) is 11.5. The second-order valence-electron chi connectivity index (χ2n) is 3.11. The first-order valence-electron chi connectivity index (χ1n) is 4.54. The van der Waals surface area contributed by atoms with Gasteiger partial charge < -0.3 is 5.01 Å². The van der Waals surface area contributed by atoms with Crippen molar-refractivity contribution in [1.29, 1.82) is 0 Å². The molecule has 0 amide bonds. The van der Waals surface area contributed by atoms with Gasteiger partial charge in [-0.1, -0.05) is 37.3 Å². The third-order valence-corrected chi connectivity index (χ3v) is 1.76. The number of hydrogen-bond donors (Lipinski definition) is 0. The van der Waals surface area contributed by atoms with Gasteiger partial charge in [0.1, 0.15) is 0 Å². The van der Waals surface area contributed by atoms with Gasteiger partial charge in [0.05, 0.1) is 5.71 Å². The highest BCUT2D eigenvalue weighted by Gasteiger charge is 1.99. The predicted octanol–water partition coefficient (Wildman–Crippen LogP) is 2.36. The molecule has 0 saturated carbocycles. The summed E-state index contributed by atoms with van der Waals surface area (Å²) in [5, 5.41) is 6.25. The van der Waals surface area contributed by atoms with Crippen LogP contribution >= 0.6 is 0 Å². The molecule has 0 aromatic heterocycles. The first-order chi connectivity index (χ1) is 6.24. The molecule has 0 heterocycles. The highest BCUT2D eigenvalue weighted by atomic mass is 15.4. The van der Waals surface area contributed by atoms with Crippen molar-refractivity contribution >= 4 is 5.71 Å². The maximum Gasteiger partial charge on any atom is 0.0674 e. The molecule has 0 spiro atoms. The minimum Gasteiger partial charge on any atom is -0.303 e. The fourth-order valence-corrected chi connectivity index (χ4v) is 1.20. The summed E-state index contributed by atoms with van der Waals surface area (Å²) in [6, 6.07) is 10.3. The van der Waals surface area contributed by atoms with Gasteiger partial charge in [-0.15, -0.1) is 0 Å². The van der Waals surface area contributed by atoms with Gasteiger partial charge in [-0.05, 0) is 12.0 Å². The second-order valence-corrected chi connectivity index (χ2v) is 3.11. The van der Waals surface area contributed by atoms with E-state index >= 15 is 0 Å². The van der Waals surface area contributed by atoms with Crippen molar-refractivity contribution in [2.75, 3.05) is 14.1 Å². The summed E-state index contributed by atoms with van der Waals surface area (Å²) in [5.74, 6) is 0. The maximum absolute atomic E-state index is 4.42. The minimum absolute atomic E-state index is 0.961. The Morgan fingerprint density at radius 2 is 1.85 bits per heavy atom. The fourth-order valence-electron chi connectivity index (χ4n) is 1.20. The maximum atomic E-state index is 4.42. The van der Waals surface area contributed by atoms with E-state index in [4.69, 9.17) is 0 Å². The molecule has 0 N–H and O–H groups in total. The lowest BCUT2D eigenvalue weighted by molar-refractivity contribution is 0.437. The molecule has 70 valence electrons. The van der Waals surface area contributed by atoms with Gasteiger partial charge in [0.15, 0.2) is 0 Å². The van der Waals surface area contributed by atoms with Crippen LogP contribution < -0.4 is 0 Å². The molecule has 0 aliphatic heterocycles. The molecule has 0 unspecified atom stereocenters. The molecule has 1 rings (SSSR count). The van der Waals surface area contributed by atoms with Crippen molar-refractivity contribution in [2.45, 2.75) is 13.3 Å². The van der Waals surface area contributed by atoms with Gasteiger partial charge in [-0.3, -0.25) is 0 Å². The van der Waals surface area contributed by atoms with Gasteiger partial charge in [0, 0.05) is 14.1 Å². The largest absolute Gasteiger partial charge is 0.303 e. The number of benzene rings is 1. The fraction of sp³-hybridized carbons (Fsp3) is 0.364. The Hall–Kier alpha value is -1.31. The number of nitrogens with zero attached hydrogens (tertiary/aromatic N) is 2. The van der Waals surface area contributed by atoms with Crippen LogP contribution in [0.3, 0.4) is 0 Å². The zero-order chi connectivity index (χ0) is 9.68. The average molecular weight is 176 g/mol. The Morgan fingerprint density at radius 3 is 2.31 bits per heavy atom. The Bertz CT molecular complexity index is 275. The molecule has 2 heteroatoms. The predicted molar refractivity (Wildman–Crippen MR) is 57.0 cm³/mol. The molecule has 2 nitrogen and oxygen atoms in total. The number of rotatable bonds is 3. The summed E-state index contributed by atoms with van der Waals surface area (Å²) in [5.41, 5.74) is 2.34. The molecule has 0 saturated heterocycles. The summed E-state index contributed by atoms with van der Waals surface area (Å²) < 4.78 is 0. The molecule has 1 aromatic rings. The van der Waals surface area contributed by atoms with Crippen molar-refractivity contribution in [3.05, 3.63) is 35.9 Å². The highest BCUT2D eigenvalue weighted by Crippen LogP contribution is 2.04. The van der Waals surface area contributed by atoms with Gasteiger partial charge in [0.2, 0.25) is 0 Å². The van der Waals surface area contributed by atoms with Crippen LogP contribution in [-0.2, 0) is 0 Å². The van der Waals surface area contributed by atoms with Crippen molar-refractivity contribution in [2.24, 2.45) is 5.10 Å². The summed E-state index contributed by atoms with van der Waals surface area (Å²) >= 11 is 0. The van der Waals surface area contributed by atoms with Crippen LogP contribution in [0.1, 0.15) is 18.9 Å². The lowest BCUT2D eigenvalue weighted by Gasteiger charge is -2.09. The van der Waals surface area contributed by atoms with E-state index in [1.54, 1.807) is 0 Å². The summed E-state index contributed by atoms with van der Waals surface area (Å²) in [4.78, 5) is 0. The lowest BCUT2D eigenvalue weighted by atomic mass is 10.1. The number of hydrogen-bond acceptors (Lipinski definition) is 2. The zero-order valence-corrected chi connectivity index (χ0v) is 8.49. The molecule has 0 atom stereocenters. The van der Waals surface area contributed by atoms with E-state index in [9.17, 15) is 0 Å². The van der Waals surface area contributed by atoms with E-state index in [0.717, 1.165) is 12.1 Å². The Labute approximate surface area is 79.9 Å². The van der Waals surface area contributed by atoms with Crippen LogP contribution in [0.5, 0.6) is 0 Å². The van der Waals surface area contributed by atoms with Crippen LogP contribution in [0, 0.1) is 0 Å². The molecule has 0 aliphatic rings. The van der Waals surface area contributed by atoms with Crippen LogP contribution in [0.15, 0.2) is 35.4 Å². The summed E-state index contributed by atoms with van der Waals surface area (Å²) in [7, 11) is 3.89. The molecular formula is C11H16N2. The average Bonchev–Trinajstić information content (AvgIpc) is 2.15. The monoisotopic (exact) mass is 176 g/mol. The third kappa shape index (κ3) is 2.90. The van der Waals surface area contributed by atoms with E-state index < -0.39 is 0 Å². The molecule has 1 aromatic carbocycles. The number of hydrazone groups is 1. The summed E-state index contributed by atoms with van der Waals surface area (Å²) in [6.45, 7) is 2.12. The first-order valence-corrected chi connectivity index (χ1v) is 4.54. The van der Waals surface area contributed by atoms with E-state index in [1.165, 1.54) is 5.56 Å². The summed E-state index contributed by atoms with van der Waals surface area (Å²) in [6.07, 6.45) is 0.961. The van der Waals surface area contributed by atoms with Gasteiger partial charge in [-0.25, -0.2) is 0 Å². The molecule has 0 fully saturated rings. The molecule has 0 radical (unpaired) electrons. The first kappa shape index (κ1) is 9.78. The van der Waals surface area contributed by atoms with Crippen LogP contribution in [0.4, 0.5) is 0 Å². The van der Waals surface area contributed by atoms with Crippen molar-refractivity contribution in [3.8, 4) is 0 Å². The molecular weight excluding hydrogens is 160 g/mol. The van der Waals surface area contributed by atoms with Crippen molar-refractivity contribution < 1.29 is 0 Å². The van der Waals surface area contributed by atoms with Crippen molar-refractivity contribution in [1.82, 2.24) is 5.01 Å². The van der Waals surface area contributed by atoms with Gasteiger partial charge >= 0.3 is 0 Å². The van der Waals surface area contributed by atoms with E-state index in [2.05, 4.69) is 24.2 Å². The van der Waals surface area contributed by atoms with E-state index in [-0.39, 0.29) is 0 Å².